The van der Waals surface area contributed by atoms with Crippen molar-refractivity contribution >= 4 is 34.3 Å². The standard InChI is InChI=1S/C17H18ClN3O3/c1-20-11-7-21(6-10(16(20)22)8-24-9-11)17(23)15-5-12-13(18)3-2-4-14(12)19-15/h2-5,10-11,19H,6-9H2,1H3/t10-,11+/m1/s1. The number of aromatic amines is 1. The van der Waals surface area contributed by atoms with Gasteiger partial charge in [0.15, 0.2) is 0 Å². The van der Waals surface area contributed by atoms with E-state index in [1.807, 2.05) is 12.1 Å². The lowest BCUT2D eigenvalue weighted by Gasteiger charge is -2.29. The van der Waals surface area contributed by atoms with Crippen LogP contribution in [-0.4, -0.2) is 66.0 Å². The maximum Gasteiger partial charge on any atom is 0.270 e. The number of nitrogens with one attached hydrogen (secondary N) is 1. The summed E-state index contributed by atoms with van der Waals surface area (Å²) in [6, 6.07) is 7.20. The number of carbonyl (C=O) groups is 2. The van der Waals surface area contributed by atoms with Gasteiger partial charge in [-0.15, -0.1) is 0 Å². The molecule has 0 saturated carbocycles. The van der Waals surface area contributed by atoms with Crippen LogP contribution in [0.15, 0.2) is 24.3 Å². The van der Waals surface area contributed by atoms with Gasteiger partial charge >= 0.3 is 0 Å². The van der Waals surface area contributed by atoms with Gasteiger partial charge in [-0.3, -0.25) is 9.59 Å². The Kier molecular flexibility index (Phi) is 3.73. The van der Waals surface area contributed by atoms with Gasteiger partial charge in [-0.1, -0.05) is 17.7 Å². The van der Waals surface area contributed by atoms with Gasteiger partial charge in [-0.05, 0) is 18.2 Å². The summed E-state index contributed by atoms with van der Waals surface area (Å²) in [4.78, 5) is 32.0. The highest BCUT2D eigenvalue weighted by atomic mass is 35.5. The van der Waals surface area contributed by atoms with Crippen LogP contribution in [0.2, 0.25) is 5.02 Å². The van der Waals surface area contributed by atoms with E-state index in [-0.39, 0.29) is 23.8 Å². The molecule has 1 N–H and O–H groups in total. The predicted molar refractivity (Wildman–Crippen MR) is 90.1 cm³/mol. The molecule has 0 radical (unpaired) electrons. The average molecular weight is 348 g/mol. The Labute approximate surface area is 144 Å². The predicted octanol–water partition coefficient (Wildman–Crippen LogP) is 1.75. The zero-order valence-electron chi connectivity index (χ0n) is 13.3. The Bertz CT molecular complexity index is 819. The zero-order chi connectivity index (χ0) is 16.8. The summed E-state index contributed by atoms with van der Waals surface area (Å²) in [6.45, 7) is 1.67. The Morgan fingerprint density at radius 2 is 2.17 bits per heavy atom. The van der Waals surface area contributed by atoms with Crippen molar-refractivity contribution in [1.82, 2.24) is 14.8 Å². The molecule has 2 atom stereocenters. The first-order valence-corrected chi connectivity index (χ1v) is 8.33. The summed E-state index contributed by atoms with van der Waals surface area (Å²) >= 11 is 6.19. The quantitative estimate of drug-likeness (QED) is 0.854. The van der Waals surface area contributed by atoms with Gasteiger partial charge in [-0.2, -0.15) is 0 Å². The highest BCUT2D eigenvalue weighted by Gasteiger charge is 2.39. The fourth-order valence-electron chi connectivity index (χ4n) is 3.47. The van der Waals surface area contributed by atoms with Crippen molar-refractivity contribution in [3.8, 4) is 0 Å². The number of carbonyl (C=O) groups excluding carboxylic acids is 2. The summed E-state index contributed by atoms with van der Waals surface area (Å²) in [7, 11) is 1.78. The van der Waals surface area contributed by atoms with E-state index in [4.69, 9.17) is 16.3 Å². The summed E-state index contributed by atoms with van der Waals surface area (Å²) in [5, 5.41) is 1.44. The number of likely N-dealkylation sites (N-methyl/N-ethyl adjacent to an activating group) is 1. The highest BCUT2D eigenvalue weighted by molar-refractivity contribution is 6.35. The molecule has 1 aromatic heterocycles. The summed E-state index contributed by atoms with van der Waals surface area (Å²) < 4.78 is 5.57. The van der Waals surface area contributed by atoms with Crippen LogP contribution in [0, 0.1) is 5.92 Å². The van der Waals surface area contributed by atoms with E-state index < -0.39 is 0 Å². The molecule has 2 aromatic rings. The van der Waals surface area contributed by atoms with Crippen molar-refractivity contribution < 1.29 is 14.3 Å². The Hall–Kier alpha value is -2.05. The number of ether oxygens (including phenoxy) is 1. The van der Waals surface area contributed by atoms with E-state index in [0.29, 0.717) is 37.0 Å². The minimum absolute atomic E-state index is 0.0486. The van der Waals surface area contributed by atoms with Crippen molar-refractivity contribution in [3.05, 3.63) is 35.0 Å². The maximum atomic E-state index is 13.0. The molecule has 0 unspecified atom stereocenters. The maximum absolute atomic E-state index is 13.0. The number of aromatic nitrogens is 1. The number of rotatable bonds is 1. The van der Waals surface area contributed by atoms with Gasteiger partial charge in [0.05, 0.1) is 25.2 Å². The van der Waals surface area contributed by atoms with Crippen molar-refractivity contribution in [2.24, 2.45) is 5.92 Å². The normalized spacial score (nSPS) is 24.3. The molecule has 126 valence electrons. The van der Waals surface area contributed by atoms with Crippen LogP contribution in [0.1, 0.15) is 10.5 Å². The minimum atomic E-state index is -0.306. The van der Waals surface area contributed by atoms with Gasteiger partial charge in [0.25, 0.3) is 5.91 Å². The van der Waals surface area contributed by atoms with Crippen LogP contribution >= 0.6 is 11.6 Å². The SMILES string of the molecule is CN1C(=O)[C@H]2COC[C@@H]1CN(C(=O)c1cc3c(Cl)cccc3[nH]1)C2. The number of hydrogen-bond acceptors (Lipinski definition) is 3. The van der Waals surface area contributed by atoms with E-state index in [2.05, 4.69) is 4.98 Å². The van der Waals surface area contributed by atoms with Crippen LogP contribution < -0.4 is 0 Å². The van der Waals surface area contributed by atoms with Gasteiger partial charge in [0, 0.05) is 36.1 Å². The second kappa shape index (κ2) is 5.79. The zero-order valence-corrected chi connectivity index (χ0v) is 14.0. The van der Waals surface area contributed by atoms with Gasteiger partial charge < -0.3 is 19.5 Å². The molecular weight excluding hydrogens is 330 g/mol. The molecule has 0 spiro atoms. The van der Waals surface area contributed by atoms with Gasteiger partial charge in [0.2, 0.25) is 5.91 Å². The molecule has 2 saturated heterocycles. The third-order valence-electron chi connectivity index (χ3n) is 4.87. The molecule has 7 heteroatoms. The third kappa shape index (κ3) is 2.46. The van der Waals surface area contributed by atoms with Crippen LogP contribution in [0.25, 0.3) is 10.9 Å². The smallest absolute Gasteiger partial charge is 0.270 e. The Morgan fingerprint density at radius 1 is 1.33 bits per heavy atom. The lowest BCUT2D eigenvalue weighted by molar-refractivity contribution is -0.133. The summed E-state index contributed by atoms with van der Waals surface area (Å²) in [5.74, 6) is -0.367. The van der Waals surface area contributed by atoms with Crippen LogP contribution in [0.5, 0.6) is 0 Å². The van der Waals surface area contributed by atoms with E-state index in [1.54, 1.807) is 29.0 Å². The number of hydrogen-bond donors (Lipinski definition) is 1. The van der Waals surface area contributed by atoms with Crippen molar-refractivity contribution in [2.75, 3.05) is 33.4 Å². The first kappa shape index (κ1) is 15.5. The van der Waals surface area contributed by atoms with Gasteiger partial charge in [-0.25, -0.2) is 0 Å². The van der Waals surface area contributed by atoms with E-state index in [0.717, 1.165) is 10.9 Å². The summed E-state index contributed by atoms with van der Waals surface area (Å²) in [6.07, 6.45) is 0. The number of fused-ring (bicyclic) bond motifs is 4. The molecule has 2 aliphatic rings. The fraction of sp³-hybridized carbons (Fsp3) is 0.412. The Morgan fingerprint density at radius 3 is 2.96 bits per heavy atom. The molecule has 2 aliphatic heterocycles. The molecule has 24 heavy (non-hydrogen) atoms. The van der Waals surface area contributed by atoms with Crippen LogP contribution in [-0.2, 0) is 9.53 Å². The molecule has 4 rings (SSSR count). The first-order valence-electron chi connectivity index (χ1n) is 7.95. The second-order valence-corrected chi connectivity index (χ2v) is 6.84. The number of amides is 2. The molecule has 2 bridgehead atoms. The summed E-state index contributed by atoms with van der Waals surface area (Å²) in [5.41, 5.74) is 1.33. The second-order valence-electron chi connectivity index (χ2n) is 6.43. The lowest BCUT2D eigenvalue weighted by Crippen LogP contribution is -2.45. The largest absolute Gasteiger partial charge is 0.378 e. The van der Waals surface area contributed by atoms with Gasteiger partial charge in [0.1, 0.15) is 5.69 Å². The number of nitrogens with zero attached hydrogens (tertiary/aromatic N) is 2. The molecule has 2 fully saturated rings. The topological polar surface area (TPSA) is 65.6 Å². The first-order chi connectivity index (χ1) is 11.5. The highest BCUT2D eigenvalue weighted by Crippen LogP contribution is 2.26. The number of H-pyrrole nitrogens is 1. The molecule has 0 aliphatic carbocycles. The van der Waals surface area contributed by atoms with Crippen LogP contribution in [0.4, 0.5) is 0 Å². The number of halogens is 1. The monoisotopic (exact) mass is 347 g/mol. The molecule has 3 heterocycles. The van der Waals surface area contributed by atoms with E-state index in [1.165, 1.54) is 0 Å². The lowest BCUT2D eigenvalue weighted by atomic mass is 10.1. The van der Waals surface area contributed by atoms with E-state index in [9.17, 15) is 9.59 Å². The van der Waals surface area contributed by atoms with Crippen molar-refractivity contribution in [2.45, 2.75) is 6.04 Å². The van der Waals surface area contributed by atoms with Crippen molar-refractivity contribution in [1.29, 1.82) is 0 Å². The van der Waals surface area contributed by atoms with E-state index >= 15 is 0 Å². The fourth-order valence-corrected chi connectivity index (χ4v) is 3.70. The molecule has 2 amide bonds. The van der Waals surface area contributed by atoms with Crippen LogP contribution in [0.3, 0.4) is 0 Å². The molecular formula is C17H18ClN3O3. The molecule has 6 nitrogen and oxygen atoms in total. The third-order valence-corrected chi connectivity index (χ3v) is 5.20. The minimum Gasteiger partial charge on any atom is -0.378 e. The average Bonchev–Trinajstić information content (AvgIpc) is 2.89. The number of benzene rings is 1. The molecule has 1 aromatic carbocycles. The Balaban J connectivity index is 1.66. The van der Waals surface area contributed by atoms with Crippen molar-refractivity contribution in [3.63, 3.8) is 0 Å².